The van der Waals surface area contributed by atoms with E-state index < -0.39 is 11.8 Å². The number of para-hydroxylation sites is 1. The summed E-state index contributed by atoms with van der Waals surface area (Å²) in [5.41, 5.74) is 10.7. The molecule has 1 unspecified atom stereocenters. The fourth-order valence-electron chi connectivity index (χ4n) is 4.12. The summed E-state index contributed by atoms with van der Waals surface area (Å²) in [6.45, 7) is 4.16. The van der Waals surface area contributed by atoms with Crippen LogP contribution in [0.1, 0.15) is 42.4 Å². The van der Waals surface area contributed by atoms with E-state index in [1.54, 1.807) is 12.4 Å². The Labute approximate surface area is 169 Å². The van der Waals surface area contributed by atoms with Crippen LogP contribution >= 0.6 is 0 Å². The molecule has 0 aliphatic heterocycles. The molecule has 0 saturated carbocycles. The Hall–Kier alpha value is -3.41. The van der Waals surface area contributed by atoms with E-state index in [0.29, 0.717) is 12.0 Å². The van der Waals surface area contributed by atoms with Gasteiger partial charge in [0.25, 0.3) is 0 Å². The summed E-state index contributed by atoms with van der Waals surface area (Å²) in [6, 6.07) is 13.8. The van der Waals surface area contributed by atoms with Crippen LogP contribution in [0.25, 0.3) is 11.3 Å². The van der Waals surface area contributed by atoms with Gasteiger partial charge in [-0.25, -0.2) is 0 Å². The van der Waals surface area contributed by atoms with Crippen LogP contribution in [-0.4, -0.2) is 21.2 Å². The summed E-state index contributed by atoms with van der Waals surface area (Å²) in [6.07, 6.45) is 4.09. The maximum Gasteiger partial charge on any atom is 0.221 e. The topological polar surface area (TPSA) is 90.0 Å². The first-order chi connectivity index (χ1) is 14.0. The maximum atomic E-state index is 13.2. The molecule has 1 aliphatic carbocycles. The first-order valence-electron chi connectivity index (χ1n) is 9.79. The monoisotopic (exact) mass is 388 g/mol. The van der Waals surface area contributed by atoms with Gasteiger partial charge in [-0.2, -0.15) is 0 Å². The number of primary amides is 1. The molecule has 0 fully saturated rings. The fraction of sp³-hybridized carbons (Fsp3) is 0.261. The minimum atomic E-state index is -0.475. The molecule has 1 aromatic carbocycles. The van der Waals surface area contributed by atoms with Crippen LogP contribution in [0.2, 0.25) is 0 Å². The van der Waals surface area contributed by atoms with Crippen molar-refractivity contribution in [3.05, 3.63) is 66.1 Å². The molecule has 1 amide bonds. The predicted octanol–water partition coefficient (Wildman–Crippen LogP) is 4.11. The zero-order valence-electron chi connectivity index (χ0n) is 16.6. The lowest BCUT2D eigenvalue weighted by Crippen LogP contribution is -2.32. The molecule has 6 nitrogen and oxygen atoms in total. The highest BCUT2D eigenvalue weighted by Gasteiger charge is 2.37. The predicted molar refractivity (Wildman–Crippen MR) is 113 cm³/mol. The number of rotatable bonds is 5. The number of hydrogen-bond acceptors (Lipinski definition) is 4. The van der Waals surface area contributed by atoms with E-state index in [2.05, 4.69) is 28.7 Å². The lowest BCUT2D eigenvalue weighted by atomic mass is 9.85. The number of fused-ring (bicyclic) bond motifs is 1. The van der Waals surface area contributed by atoms with Gasteiger partial charge in [-0.1, -0.05) is 18.2 Å². The van der Waals surface area contributed by atoms with Gasteiger partial charge < -0.3 is 15.6 Å². The molecule has 2 aromatic heterocycles. The van der Waals surface area contributed by atoms with Crippen LogP contribution in [0.4, 0.5) is 11.4 Å². The highest BCUT2D eigenvalue weighted by atomic mass is 16.1. The average molecular weight is 388 g/mol. The molecular weight excluding hydrogens is 364 g/mol. The van der Waals surface area contributed by atoms with Crippen LogP contribution in [0.3, 0.4) is 0 Å². The quantitative estimate of drug-likeness (QED) is 0.688. The number of aromatic nitrogens is 2. The second-order valence-corrected chi connectivity index (χ2v) is 7.67. The molecule has 3 N–H and O–H groups in total. The van der Waals surface area contributed by atoms with Gasteiger partial charge in [0.15, 0.2) is 5.78 Å². The molecule has 0 radical (unpaired) electrons. The van der Waals surface area contributed by atoms with Crippen molar-refractivity contribution in [1.29, 1.82) is 0 Å². The molecule has 0 saturated heterocycles. The smallest absolute Gasteiger partial charge is 0.221 e. The zero-order valence-corrected chi connectivity index (χ0v) is 16.6. The highest BCUT2D eigenvalue weighted by Crippen LogP contribution is 2.43. The van der Waals surface area contributed by atoms with Crippen LogP contribution in [0.5, 0.6) is 0 Å². The number of carbonyl (C=O) groups is 2. The van der Waals surface area contributed by atoms with Crippen LogP contribution in [0, 0.1) is 5.92 Å². The second-order valence-electron chi connectivity index (χ2n) is 7.67. The largest absolute Gasteiger partial charge is 0.369 e. The first-order valence-corrected chi connectivity index (χ1v) is 9.79. The number of nitrogens with two attached hydrogens (primary N) is 1. The molecule has 1 atom stereocenters. The van der Waals surface area contributed by atoms with Gasteiger partial charge in [0.05, 0.1) is 22.9 Å². The van der Waals surface area contributed by atoms with Gasteiger partial charge in [0, 0.05) is 48.2 Å². The van der Waals surface area contributed by atoms with E-state index in [1.807, 2.05) is 42.5 Å². The van der Waals surface area contributed by atoms with Gasteiger partial charge in [-0.3, -0.25) is 14.6 Å². The lowest BCUT2D eigenvalue weighted by molar-refractivity contribution is -0.121. The Balaban J connectivity index is 1.99. The van der Waals surface area contributed by atoms with Gasteiger partial charge in [-0.15, -0.1) is 0 Å². The normalized spacial score (nSPS) is 16.0. The Kier molecular flexibility index (Phi) is 4.92. The van der Waals surface area contributed by atoms with Crippen molar-refractivity contribution in [2.75, 3.05) is 5.32 Å². The van der Waals surface area contributed by atoms with Gasteiger partial charge in [-0.05, 0) is 38.1 Å². The van der Waals surface area contributed by atoms with Crippen molar-refractivity contribution in [2.24, 2.45) is 11.7 Å². The minimum absolute atomic E-state index is 0.0526. The number of nitrogens with zero attached hydrogens (tertiary/aromatic N) is 2. The molecule has 29 heavy (non-hydrogen) atoms. The Morgan fingerprint density at radius 2 is 1.83 bits per heavy atom. The number of Topliss-reactive ketones (excluding diaryl/α,β-unsaturated/α-hetero) is 1. The third-order valence-corrected chi connectivity index (χ3v) is 5.37. The molecule has 148 valence electrons. The van der Waals surface area contributed by atoms with Crippen molar-refractivity contribution < 1.29 is 9.59 Å². The SMILES string of the molecule is CC(C)n1c2c(c(Nc3ccccc3)c1-c1ccncc1)C(=O)CC(C(N)=O)C2. The molecule has 0 spiro atoms. The molecule has 1 aliphatic rings. The van der Waals surface area contributed by atoms with E-state index in [0.717, 1.165) is 28.3 Å². The number of hydrogen-bond donors (Lipinski definition) is 2. The Morgan fingerprint density at radius 3 is 2.45 bits per heavy atom. The van der Waals surface area contributed by atoms with Crippen molar-refractivity contribution >= 4 is 23.1 Å². The van der Waals surface area contributed by atoms with Gasteiger partial charge in [0.1, 0.15) is 0 Å². The second kappa shape index (κ2) is 7.54. The van der Waals surface area contributed by atoms with Crippen molar-refractivity contribution in [1.82, 2.24) is 9.55 Å². The number of carbonyl (C=O) groups excluding carboxylic acids is 2. The summed E-state index contributed by atoms with van der Waals surface area (Å²) in [4.78, 5) is 29.2. The van der Waals surface area contributed by atoms with E-state index in [4.69, 9.17) is 5.73 Å². The summed E-state index contributed by atoms with van der Waals surface area (Å²) in [7, 11) is 0. The van der Waals surface area contributed by atoms with Crippen molar-refractivity contribution in [2.45, 2.75) is 32.7 Å². The van der Waals surface area contributed by atoms with Crippen molar-refractivity contribution in [3.8, 4) is 11.3 Å². The molecule has 6 heteroatoms. The first kappa shape index (κ1) is 18.9. The Morgan fingerprint density at radius 1 is 1.14 bits per heavy atom. The maximum absolute atomic E-state index is 13.2. The lowest BCUT2D eigenvalue weighted by Gasteiger charge is -2.23. The molecule has 4 rings (SSSR count). The number of ketones is 1. The standard InChI is InChI=1S/C23H24N4O2/c1-14(2)27-18-12-16(23(24)29)13-19(28)20(18)21(26-17-6-4-3-5-7-17)22(27)15-8-10-25-11-9-15/h3-11,14,16,26H,12-13H2,1-2H3,(H2,24,29). The Bertz CT molecular complexity index is 1060. The summed E-state index contributed by atoms with van der Waals surface area (Å²) in [5, 5.41) is 3.47. The van der Waals surface area contributed by atoms with Crippen LogP contribution in [0.15, 0.2) is 54.9 Å². The molecule has 3 aromatic rings. The van der Waals surface area contributed by atoms with E-state index in [-0.39, 0.29) is 18.2 Å². The fourth-order valence-corrected chi connectivity index (χ4v) is 4.12. The van der Waals surface area contributed by atoms with Crippen LogP contribution < -0.4 is 11.1 Å². The van der Waals surface area contributed by atoms with Crippen molar-refractivity contribution in [3.63, 3.8) is 0 Å². The minimum Gasteiger partial charge on any atom is -0.369 e. The van der Waals surface area contributed by atoms with E-state index >= 15 is 0 Å². The summed E-state index contributed by atoms with van der Waals surface area (Å²) >= 11 is 0. The summed E-state index contributed by atoms with van der Waals surface area (Å²) in [5.74, 6) is -0.955. The number of benzene rings is 1. The third-order valence-electron chi connectivity index (χ3n) is 5.37. The zero-order chi connectivity index (χ0) is 20.5. The number of amides is 1. The molecule has 0 bridgehead atoms. The van der Waals surface area contributed by atoms with Gasteiger partial charge >= 0.3 is 0 Å². The third kappa shape index (κ3) is 3.42. The molecular formula is C23H24N4O2. The van der Waals surface area contributed by atoms with E-state index in [1.165, 1.54) is 0 Å². The summed E-state index contributed by atoms with van der Waals surface area (Å²) < 4.78 is 2.16. The number of anilines is 2. The highest BCUT2D eigenvalue weighted by molar-refractivity contribution is 6.09. The van der Waals surface area contributed by atoms with Gasteiger partial charge in [0.2, 0.25) is 5.91 Å². The number of nitrogens with one attached hydrogen (secondary N) is 1. The average Bonchev–Trinajstić information content (AvgIpc) is 3.04. The van der Waals surface area contributed by atoms with E-state index in [9.17, 15) is 9.59 Å². The van der Waals surface area contributed by atoms with Crippen LogP contribution in [-0.2, 0) is 11.2 Å². The molecule has 2 heterocycles. The number of pyridine rings is 1.